The van der Waals surface area contributed by atoms with Crippen LogP contribution in [0.5, 0.6) is 0 Å². The van der Waals surface area contributed by atoms with E-state index in [1.54, 1.807) is 0 Å². The fourth-order valence-corrected chi connectivity index (χ4v) is 3.70. The number of hydrogen-bond donors (Lipinski definition) is 1. The third-order valence-corrected chi connectivity index (χ3v) is 4.68. The van der Waals surface area contributed by atoms with Crippen LogP contribution in [-0.2, 0) is 6.54 Å². The van der Waals surface area contributed by atoms with Crippen molar-refractivity contribution in [3.8, 4) is 0 Å². The molecule has 0 saturated carbocycles. The van der Waals surface area contributed by atoms with Crippen molar-refractivity contribution in [2.24, 2.45) is 5.92 Å². The molecule has 1 aromatic rings. The van der Waals surface area contributed by atoms with Gasteiger partial charge in [-0.05, 0) is 63.9 Å². The van der Waals surface area contributed by atoms with E-state index in [9.17, 15) is 0 Å². The fraction of sp³-hybridized carbons (Fsp3) is 0.733. The first-order valence-electron chi connectivity index (χ1n) is 7.26. The smallest absolute Gasteiger partial charge is 0.0328 e. The van der Waals surface area contributed by atoms with Crippen LogP contribution in [0.4, 0.5) is 0 Å². The third-order valence-electron chi connectivity index (χ3n) is 3.69. The molecule has 2 nitrogen and oxygen atoms in total. The highest BCUT2D eigenvalue weighted by Gasteiger charge is 2.17. The summed E-state index contributed by atoms with van der Waals surface area (Å²) in [7, 11) is 0. The van der Waals surface area contributed by atoms with Crippen molar-refractivity contribution >= 4 is 11.3 Å². The van der Waals surface area contributed by atoms with E-state index in [-0.39, 0.29) is 0 Å². The lowest BCUT2D eigenvalue weighted by atomic mass is 9.97. The number of hydrogen-bond acceptors (Lipinski definition) is 3. The summed E-state index contributed by atoms with van der Waals surface area (Å²) in [5.74, 6) is 0.902. The van der Waals surface area contributed by atoms with E-state index >= 15 is 0 Å². The Labute approximate surface area is 115 Å². The summed E-state index contributed by atoms with van der Waals surface area (Å²) in [6.45, 7) is 10.6. The molecule has 0 aromatic carbocycles. The molecule has 102 valence electrons. The van der Waals surface area contributed by atoms with Crippen LogP contribution >= 0.6 is 11.3 Å². The zero-order valence-electron chi connectivity index (χ0n) is 11.7. The maximum absolute atomic E-state index is 3.46. The number of nitrogens with zero attached hydrogens (tertiary/aromatic N) is 1. The van der Waals surface area contributed by atoms with Gasteiger partial charge in [0.05, 0.1) is 0 Å². The van der Waals surface area contributed by atoms with Crippen molar-refractivity contribution < 1.29 is 0 Å². The predicted molar refractivity (Wildman–Crippen MR) is 80.2 cm³/mol. The highest BCUT2D eigenvalue weighted by atomic mass is 32.1. The highest BCUT2D eigenvalue weighted by molar-refractivity contribution is 7.11. The quantitative estimate of drug-likeness (QED) is 0.850. The van der Waals surface area contributed by atoms with Gasteiger partial charge in [-0.15, -0.1) is 11.3 Å². The zero-order valence-corrected chi connectivity index (χ0v) is 12.6. The standard InChI is InChI=1S/C15H26N2S/c1-3-10-17(11-14-6-8-16-9-7-14)12-15-5-4-13(2)18-15/h4-5,14,16H,3,6-12H2,1-2H3. The second kappa shape index (κ2) is 7.27. The van der Waals surface area contributed by atoms with Crippen LogP contribution in [0, 0.1) is 12.8 Å². The van der Waals surface area contributed by atoms with Crippen LogP contribution in [0.15, 0.2) is 12.1 Å². The first-order valence-corrected chi connectivity index (χ1v) is 8.08. The van der Waals surface area contributed by atoms with E-state index in [0.29, 0.717) is 0 Å². The third kappa shape index (κ3) is 4.38. The molecule has 2 rings (SSSR count). The van der Waals surface area contributed by atoms with E-state index in [2.05, 4.69) is 36.2 Å². The van der Waals surface area contributed by atoms with E-state index in [1.165, 1.54) is 55.2 Å². The summed E-state index contributed by atoms with van der Waals surface area (Å²) >= 11 is 1.95. The Hall–Kier alpha value is -0.380. The first kappa shape index (κ1) is 14.0. The predicted octanol–water partition coefficient (Wildman–Crippen LogP) is 3.27. The van der Waals surface area contributed by atoms with Crippen LogP contribution in [0.3, 0.4) is 0 Å². The monoisotopic (exact) mass is 266 g/mol. The summed E-state index contributed by atoms with van der Waals surface area (Å²) in [4.78, 5) is 5.61. The average molecular weight is 266 g/mol. The molecule has 1 aliphatic heterocycles. The second-order valence-corrected chi connectivity index (χ2v) is 6.81. The molecule has 18 heavy (non-hydrogen) atoms. The molecule has 0 aliphatic carbocycles. The van der Waals surface area contributed by atoms with Crippen LogP contribution in [0.25, 0.3) is 0 Å². The second-order valence-electron chi connectivity index (χ2n) is 5.44. The van der Waals surface area contributed by atoms with Gasteiger partial charge in [0.2, 0.25) is 0 Å². The lowest BCUT2D eigenvalue weighted by Crippen LogP contribution is -2.36. The van der Waals surface area contributed by atoms with Gasteiger partial charge >= 0.3 is 0 Å². The van der Waals surface area contributed by atoms with Crippen molar-refractivity contribution in [2.45, 2.75) is 39.7 Å². The molecule has 0 unspecified atom stereocenters. The van der Waals surface area contributed by atoms with Gasteiger partial charge in [0.25, 0.3) is 0 Å². The van der Waals surface area contributed by atoms with Crippen LogP contribution < -0.4 is 5.32 Å². The fourth-order valence-electron chi connectivity index (χ4n) is 2.77. The number of aryl methyl sites for hydroxylation is 1. The van der Waals surface area contributed by atoms with Gasteiger partial charge in [-0.2, -0.15) is 0 Å². The molecule has 1 aliphatic rings. The van der Waals surface area contributed by atoms with Gasteiger partial charge in [-0.3, -0.25) is 4.90 Å². The summed E-state index contributed by atoms with van der Waals surface area (Å²) in [6, 6.07) is 4.54. The largest absolute Gasteiger partial charge is 0.317 e. The van der Waals surface area contributed by atoms with Gasteiger partial charge in [0, 0.05) is 22.8 Å². The Morgan fingerprint density at radius 1 is 1.33 bits per heavy atom. The zero-order chi connectivity index (χ0) is 12.8. The Bertz CT molecular complexity index is 342. The minimum absolute atomic E-state index is 0.902. The molecule has 1 fully saturated rings. The Balaban J connectivity index is 1.86. The molecule has 0 atom stereocenters. The molecule has 0 spiro atoms. The van der Waals surface area contributed by atoms with E-state index < -0.39 is 0 Å². The molecule has 3 heteroatoms. The van der Waals surface area contributed by atoms with Gasteiger partial charge in [-0.1, -0.05) is 6.92 Å². The lowest BCUT2D eigenvalue weighted by molar-refractivity contribution is 0.200. The van der Waals surface area contributed by atoms with Gasteiger partial charge in [0.15, 0.2) is 0 Å². The Morgan fingerprint density at radius 3 is 2.72 bits per heavy atom. The van der Waals surface area contributed by atoms with Crippen molar-refractivity contribution in [1.82, 2.24) is 10.2 Å². The topological polar surface area (TPSA) is 15.3 Å². The number of rotatable bonds is 6. The lowest BCUT2D eigenvalue weighted by Gasteiger charge is -2.29. The highest BCUT2D eigenvalue weighted by Crippen LogP contribution is 2.20. The molecular weight excluding hydrogens is 240 g/mol. The molecule has 0 amide bonds. The summed E-state index contributed by atoms with van der Waals surface area (Å²) in [5, 5.41) is 3.46. The maximum atomic E-state index is 3.46. The Kier molecular flexibility index (Phi) is 5.67. The molecular formula is C15H26N2S. The molecule has 1 saturated heterocycles. The van der Waals surface area contributed by atoms with Crippen LogP contribution in [0.1, 0.15) is 35.9 Å². The minimum Gasteiger partial charge on any atom is -0.317 e. The number of piperidine rings is 1. The van der Waals surface area contributed by atoms with Gasteiger partial charge in [0.1, 0.15) is 0 Å². The normalized spacial score (nSPS) is 17.5. The van der Waals surface area contributed by atoms with Gasteiger partial charge in [-0.25, -0.2) is 0 Å². The number of nitrogens with one attached hydrogen (secondary N) is 1. The summed E-state index contributed by atoms with van der Waals surface area (Å²) in [5.41, 5.74) is 0. The molecule has 1 N–H and O–H groups in total. The number of thiophene rings is 1. The molecule has 2 heterocycles. The summed E-state index contributed by atoms with van der Waals surface area (Å²) < 4.78 is 0. The molecule has 0 radical (unpaired) electrons. The van der Waals surface area contributed by atoms with E-state index in [0.717, 1.165) is 12.5 Å². The van der Waals surface area contributed by atoms with Crippen molar-refractivity contribution in [3.63, 3.8) is 0 Å². The van der Waals surface area contributed by atoms with E-state index in [1.807, 2.05) is 11.3 Å². The SMILES string of the molecule is CCCN(Cc1ccc(C)s1)CC1CCNCC1. The Morgan fingerprint density at radius 2 is 2.11 bits per heavy atom. The van der Waals surface area contributed by atoms with Crippen molar-refractivity contribution in [3.05, 3.63) is 21.9 Å². The van der Waals surface area contributed by atoms with Crippen LogP contribution in [-0.4, -0.2) is 31.1 Å². The molecule has 0 bridgehead atoms. The van der Waals surface area contributed by atoms with Crippen molar-refractivity contribution in [1.29, 1.82) is 0 Å². The van der Waals surface area contributed by atoms with Crippen LogP contribution in [0.2, 0.25) is 0 Å². The minimum atomic E-state index is 0.902. The summed E-state index contributed by atoms with van der Waals surface area (Å²) in [6.07, 6.45) is 3.96. The average Bonchev–Trinajstić information content (AvgIpc) is 2.76. The first-order chi connectivity index (χ1) is 8.78. The maximum Gasteiger partial charge on any atom is 0.0328 e. The van der Waals surface area contributed by atoms with E-state index in [4.69, 9.17) is 0 Å². The van der Waals surface area contributed by atoms with Crippen molar-refractivity contribution in [2.75, 3.05) is 26.2 Å². The molecule has 1 aromatic heterocycles. The van der Waals surface area contributed by atoms with Gasteiger partial charge < -0.3 is 5.32 Å².